The standard InChI is InChI=1S/C12H17N6O6P/c1-17(2)12-15-9(13)6-10(16-12)18(4-14-6)11-7(19)8-5(23-11)3-22-25(20,21)24-8/h4-5,7-8,11,19H,3H2,1-2H3,(H,20,21)(H2,13,15,16)/t5-,7-,8-,11-/m1/s1. The minimum absolute atomic E-state index is 0.168. The Labute approximate surface area is 141 Å². The molecule has 4 N–H and O–H groups in total. The van der Waals surface area contributed by atoms with Crippen LogP contribution in [0.5, 0.6) is 0 Å². The third-order valence-electron chi connectivity index (χ3n) is 4.08. The molecule has 2 saturated heterocycles. The largest absolute Gasteiger partial charge is 0.472 e. The Morgan fingerprint density at radius 3 is 2.92 bits per heavy atom. The van der Waals surface area contributed by atoms with Crippen molar-refractivity contribution in [3.63, 3.8) is 0 Å². The molecule has 0 amide bonds. The Morgan fingerprint density at radius 1 is 1.44 bits per heavy atom. The molecule has 0 bridgehead atoms. The highest BCUT2D eigenvalue weighted by Gasteiger charge is 2.52. The Bertz CT molecular complexity index is 873. The first-order valence-corrected chi connectivity index (χ1v) is 8.93. The van der Waals surface area contributed by atoms with Gasteiger partial charge in [0.2, 0.25) is 5.95 Å². The lowest BCUT2D eigenvalue weighted by Crippen LogP contribution is -2.39. The quantitative estimate of drug-likeness (QED) is 0.569. The fourth-order valence-electron chi connectivity index (χ4n) is 2.88. The molecule has 2 aliphatic heterocycles. The summed E-state index contributed by atoms with van der Waals surface area (Å²) >= 11 is 0. The molecule has 2 aromatic rings. The zero-order valence-electron chi connectivity index (χ0n) is 13.4. The predicted octanol–water partition coefficient (Wildman–Crippen LogP) is -0.751. The Morgan fingerprint density at radius 2 is 2.20 bits per heavy atom. The molecular weight excluding hydrogens is 355 g/mol. The minimum atomic E-state index is -4.19. The van der Waals surface area contributed by atoms with Gasteiger partial charge in [0, 0.05) is 14.1 Å². The maximum Gasteiger partial charge on any atom is 0.472 e. The van der Waals surface area contributed by atoms with Gasteiger partial charge < -0.3 is 25.4 Å². The summed E-state index contributed by atoms with van der Waals surface area (Å²) in [7, 11) is -0.662. The smallest absolute Gasteiger partial charge is 0.386 e. The van der Waals surface area contributed by atoms with Crippen LogP contribution in [0.2, 0.25) is 0 Å². The van der Waals surface area contributed by atoms with Crippen LogP contribution in [0.15, 0.2) is 6.33 Å². The molecule has 1 unspecified atom stereocenters. The van der Waals surface area contributed by atoms with E-state index in [1.807, 2.05) is 0 Å². The van der Waals surface area contributed by atoms with Crippen LogP contribution in [0, 0.1) is 0 Å². The van der Waals surface area contributed by atoms with Gasteiger partial charge >= 0.3 is 7.82 Å². The maximum absolute atomic E-state index is 11.6. The van der Waals surface area contributed by atoms with E-state index in [1.165, 1.54) is 10.9 Å². The van der Waals surface area contributed by atoms with Gasteiger partial charge in [-0.25, -0.2) is 9.55 Å². The number of anilines is 2. The Balaban J connectivity index is 1.74. The number of rotatable bonds is 2. The molecule has 0 radical (unpaired) electrons. The fraction of sp³-hybridized carbons (Fsp3) is 0.583. The highest BCUT2D eigenvalue weighted by atomic mass is 31.2. The van der Waals surface area contributed by atoms with Crippen molar-refractivity contribution < 1.29 is 28.3 Å². The van der Waals surface area contributed by atoms with Crippen LogP contribution in [0.25, 0.3) is 11.2 Å². The number of phosphoric acid groups is 1. The molecule has 0 aliphatic carbocycles. The van der Waals surface area contributed by atoms with Crippen molar-refractivity contribution >= 4 is 30.8 Å². The molecule has 4 heterocycles. The number of nitrogen functional groups attached to an aromatic ring is 1. The number of aliphatic hydroxyl groups excluding tert-OH is 1. The highest BCUT2D eigenvalue weighted by molar-refractivity contribution is 7.47. The van der Waals surface area contributed by atoms with E-state index in [-0.39, 0.29) is 12.4 Å². The number of nitrogens with two attached hydrogens (primary N) is 1. The number of nitrogens with zero attached hydrogens (tertiary/aromatic N) is 5. The lowest BCUT2D eigenvalue weighted by Gasteiger charge is -2.27. The molecule has 0 spiro atoms. The minimum Gasteiger partial charge on any atom is -0.386 e. The van der Waals surface area contributed by atoms with E-state index in [9.17, 15) is 14.6 Å². The molecule has 0 aromatic carbocycles. The number of fused-ring (bicyclic) bond motifs is 2. The van der Waals surface area contributed by atoms with Crippen LogP contribution in [0.1, 0.15) is 6.23 Å². The predicted molar refractivity (Wildman–Crippen MR) is 84.6 cm³/mol. The van der Waals surface area contributed by atoms with Gasteiger partial charge in [0.15, 0.2) is 17.7 Å². The molecule has 4 rings (SSSR count). The summed E-state index contributed by atoms with van der Waals surface area (Å²) in [5.74, 6) is 0.563. The molecule has 2 aromatic heterocycles. The number of aliphatic hydroxyl groups is 1. The molecule has 136 valence electrons. The number of phosphoric ester groups is 1. The maximum atomic E-state index is 11.6. The molecule has 2 aliphatic rings. The van der Waals surface area contributed by atoms with Crippen molar-refractivity contribution in [2.75, 3.05) is 31.3 Å². The van der Waals surface area contributed by atoms with E-state index >= 15 is 0 Å². The average Bonchev–Trinajstić information content (AvgIpc) is 3.09. The van der Waals surface area contributed by atoms with Gasteiger partial charge in [-0.1, -0.05) is 0 Å². The lowest BCUT2D eigenvalue weighted by atomic mass is 10.1. The van der Waals surface area contributed by atoms with Gasteiger partial charge in [-0.05, 0) is 0 Å². The average molecular weight is 372 g/mol. The number of hydrogen-bond acceptors (Lipinski definition) is 10. The van der Waals surface area contributed by atoms with Crippen molar-refractivity contribution in [2.24, 2.45) is 0 Å². The lowest BCUT2D eigenvalue weighted by molar-refractivity contribution is -0.0664. The third kappa shape index (κ3) is 2.67. The monoisotopic (exact) mass is 372 g/mol. The van der Waals surface area contributed by atoms with Crippen LogP contribution in [-0.2, 0) is 18.3 Å². The zero-order valence-corrected chi connectivity index (χ0v) is 14.3. The Hall–Kier alpha value is -1.82. The fourth-order valence-corrected chi connectivity index (χ4v) is 3.84. The van der Waals surface area contributed by atoms with E-state index in [0.29, 0.717) is 17.1 Å². The van der Waals surface area contributed by atoms with Crippen LogP contribution in [0.3, 0.4) is 0 Å². The number of imidazole rings is 1. The molecule has 5 atom stereocenters. The van der Waals surface area contributed by atoms with E-state index in [4.69, 9.17) is 19.5 Å². The van der Waals surface area contributed by atoms with Gasteiger partial charge in [0.1, 0.15) is 23.8 Å². The summed E-state index contributed by atoms with van der Waals surface area (Å²) < 4.78 is 28.5. The number of ether oxygens (including phenoxy) is 1. The summed E-state index contributed by atoms with van der Waals surface area (Å²) in [6.45, 7) is -0.168. The van der Waals surface area contributed by atoms with Crippen molar-refractivity contribution in [1.29, 1.82) is 0 Å². The van der Waals surface area contributed by atoms with Crippen LogP contribution in [0.4, 0.5) is 11.8 Å². The van der Waals surface area contributed by atoms with Gasteiger partial charge in [0.05, 0.1) is 12.9 Å². The van der Waals surface area contributed by atoms with Crippen molar-refractivity contribution in [2.45, 2.75) is 24.5 Å². The van der Waals surface area contributed by atoms with Gasteiger partial charge in [-0.3, -0.25) is 13.6 Å². The summed E-state index contributed by atoms with van der Waals surface area (Å²) in [5.41, 5.74) is 6.65. The zero-order chi connectivity index (χ0) is 17.9. The number of aromatic nitrogens is 4. The van der Waals surface area contributed by atoms with E-state index in [0.717, 1.165) is 0 Å². The van der Waals surface area contributed by atoms with Crippen molar-refractivity contribution in [3.8, 4) is 0 Å². The topological polar surface area (TPSA) is 158 Å². The first-order chi connectivity index (χ1) is 11.8. The molecule has 2 fully saturated rings. The van der Waals surface area contributed by atoms with Gasteiger partial charge in [-0.15, -0.1) is 0 Å². The van der Waals surface area contributed by atoms with Crippen molar-refractivity contribution in [3.05, 3.63) is 6.33 Å². The third-order valence-corrected chi connectivity index (χ3v) is 5.06. The first-order valence-electron chi connectivity index (χ1n) is 7.43. The van der Waals surface area contributed by atoms with E-state index in [1.54, 1.807) is 19.0 Å². The second-order valence-electron chi connectivity index (χ2n) is 6.02. The van der Waals surface area contributed by atoms with Crippen LogP contribution >= 0.6 is 7.82 Å². The van der Waals surface area contributed by atoms with Crippen molar-refractivity contribution in [1.82, 2.24) is 19.5 Å². The van der Waals surface area contributed by atoms with Gasteiger partial charge in [-0.2, -0.15) is 9.97 Å². The molecule has 0 saturated carbocycles. The normalized spacial score (nSPS) is 35.0. The van der Waals surface area contributed by atoms with Gasteiger partial charge in [0.25, 0.3) is 0 Å². The molecular formula is C12H17N6O6P. The Kier molecular flexibility index (Phi) is 3.72. The highest BCUT2D eigenvalue weighted by Crippen LogP contribution is 2.52. The second kappa shape index (κ2) is 5.59. The van der Waals surface area contributed by atoms with E-state index < -0.39 is 32.4 Å². The summed E-state index contributed by atoms with van der Waals surface area (Å²) in [5, 5.41) is 10.5. The SMILES string of the molecule is CN(C)c1nc(N)c2ncn([C@@H]3O[C@@H]4COP(=O)(O)O[C@H]4[C@H]3O)c2n1. The van der Waals surface area contributed by atoms with E-state index in [2.05, 4.69) is 15.0 Å². The second-order valence-corrected chi connectivity index (χ2v) is 7.42. The van der Waals surface area contributed by atoms with Crippen LogP contribution in [-0.4, -0.2) is 68.5 Å². The summed E-state index contributed by atoms with van der Waals surface area (Å²) in [6.07, 6.45) is -2.42. The molecule has 25 heavy (non-hydrogen) atoms. The summed E-state index contributed by atoms with van der Waals surface area (Å²) in [6, 6.07) is 0. The summed E-state index contributed by atoms with van der Waals surface area (Å²) in [4.78, 5) is 23.8. The molecule has 12 nitrogen and oxygen atoms in total. The van der Waals surface area contributed by atoms with Crippen LogP contribution < -0.4 is 10.6 Å². The first kappa shape index (κ1) is 16.6. The molecule has 13 heteroatoms. The number of hydrogen-bond donors (Lipinski definition) is 3.